The van der Waals surface area contributed by atoms with Crippen LogP contribution in [0.25, 0.3) is 11.4 Å². The third-order valence-electron chi connectivity index (χ3n) is 4.21. The zero-order chi connectivity index (χ0) is 16.4. The van der Waals surface area contributed by atoms with E-state index in [0.717, 1.165) is 17.1 Å². The number of hydrogen-bond acceptors (Lipinski definition) is 4. The molecule has 3 heterocycles. The second-order valence-corrected chi connectivity index (χ2v) is 5.91. The molecule has 120 valence electrons. The number of nitrogens with one attached hydrogen (secondary N) is 1. The summed E-state index contributed by atoms with van der Waals surface area (Å²) in [5.74, 6) is 1.61. The highest BCUT2D eigenvalue weighted by atomic mass is 16.2. The number of rotatable bonds is 4. The van der Waals surface area contributed by atoms with Gasteiger partial charge in [-0.2, -0.15) is 5.10 Å². The fraction of sp³-hybridized carbons (Fsp3) is 0.222. The number of hydrogen-bond donors (Lipinski definition) is 1. The van der Waals surface area contributed by atoms with Crippen LogP contribution in [0.2, 0.25) is 0 Å². The predicted octanol–water partition coefficient (Wildman–Crippen LogP) is 2.38. The van der Waals surface area contributed by atoms with Crippen molar-refractivity contribution in [1.82, 2.24) is 25.1 Å². The van der Waals surface area contributed by atoms with Crippen LogP contribution in [0, 0.1) is 0 Å². The van der Waals surface area contributed by atoms with Gasteiger partial charge in [0, 0.05) is 30.6 Å². The number of likely N-dealkylation sites (tertiary alicyclic amines) is 1. The molecule has 6 nitrogen and oxygen atoms in total. The highest BCUT2D eigenvalue weighted by molar-refractivity contribution is 5.79. The summed E-state index contributed by atoms with van der Waals surface area (Å²) in [4.78, 5) is 23.0. The van der Waals surface area contributed by atoms with Crippen LogP contribution >= 0.6 is 0 Å². The molecule has 0 spiro atoms. The number of carbonyl (C=O) groups excluding carboxylic acids is 1. The van der Waals surface area contributed by atoms with E-state index < -0.39 is 0 Å². The van der Waals surface area contributed by atoms with Crippen LogP contribution in [0.1, 0.15) is 23.9 Å². The Bertz CT molecular complexity index is 831. The Morgan fingerprint density at radius 1 is 1.12 bits per heavy atom. The lowest BCUT2D eigenvalue weighted by atomic mass is 10.1. The van der Waals surface area contributed by atoms with Crippen molar-refractivity contribution in [2.75, 3.05) is 6.54 Å². The minimum atomic E-state index is 0.0474. The minimum Gasteiger partial charge on any atom is -0.336 e. The Labute approximate surface area is 139 Å². The molecule has 2 aromatic heterocycles. The number of nitrogens with zero attached hydrogens (tertiary/aromatic N) is 4. The van der Waals surface area contributed by atoms with Gasteiger partial charge in [0.1, 0.15) is 5.82 Å². The van der Waals surface area contributed by atoms with Crippen molar-refractivity contribution in [2.45, 2.75) is 18.9 Å². The van der Waals surface area contributed by atoms with Crippen LogP contribution in [0.3, 0.4) is 0 Å². The van der Waals surface area contributed by atoms with Gasteiger partial charge in [0.15, 0.2) is 5.82 Å². The van der Waals surface area contributed by atoms with E-state index >= 15 is 0 Å². The van der Waals surface area contributed by atoms with Gasteiger partial charge >= 0.3 is 0 Å². The minimum absolute atomic E-state index is 0.0474. The van der Waals surface area contributed by atoms with Crippen molar-refractivity contribution < 1.29 is 4.79 Å². The molecular weight excluding hydrogens is 302 g/mol. The van der Waals surface area contributed by atoms with Crippen molar-refractivity contribution in [2.24, 2.45) is 0 Å². The topological polar surface area (TPSA) is 74.8 Å². The first kappa shape index (κ1) is 14.6. The van der Waals surface area contributed by atoms with E-state index in [9.17, 15) is 4.79 Å². The Hall–Kier alpha value is -3.02. The summed E-state index contributed by atoms with van der Waals surface area (Å²) in [7, 11) is 0. The van der Waals surface area contributed by atoms with Crippen LogP contribution in [0.4, 0.5) is 0 Å². The van der Waals surface area contributed by atoms with Gasteiger partial charge in [0.25, 0.3) is 0 Å². The molecular formula is C18H17N5O. The molecule has 1 aromatic carbocycles. The number of pyridine rings is 1. The van der Waals surface area contributed by atoms with E-state index in [1.807, 2.05) is 53.4 Å². The highest BCUT2D eigenvalue weighted by Gasteiger charge is 2.32. The largest absolute Gasteiger partial charge is 0.336 e. The lowest BCUT2D eigenvalue weighted by Crippen LogP contribution is -2.24. The molecule has 1 atom stereocenters. The summed E-state index contributed by atoms with van der Waals surface area (Å²) in [6.07, 6.45) is 2.20. The van der Waals surface area contributed by atoms with Crippen molar-refractivity contribution in [3.05, 3.63) is 66.2 Å². The summed E-state index contributed by atoms with van der Waals surface area (Å²) < 4.78 is 0. The lowest BCUT2D eigenvalue weighted by molar-refractivity contribution is -0.128. The second kappa shape index (κ2) is 6.23. The molecule has 4 rings (SSSR count). The van der Waals surface area contributed by atoms with Crippen molar-refractivity contribution in [3.63, 3.8) is 0 Å². The number of aromatic amines is 1. The first-order chi connectivity index (χ1) is 11.8. The van der Waals surface area contributed by atoms with Gasteiger partial charge in [-0.15, -0.1) is 0 Å². The van der Waals surface area contributed by atoms with E-state index in [1.165, 1.54) is 0 Å². The maximum absolute atomic E-state index is 12.3. The fourth-order valence-corrected chi connectivity index (χ4v) is 2.97. The molecule has 1 fully saturated rings. The summed E-state index contributed by atoms with van der Waals surface area (Å²) >= 11 is 0. The van der Waals surface area contributed by atoms with E-state index in [2.05, 4.69) is 20.2 Å². The normalized spacial score (nSPS) is 17.4. The quantitative estimate of drug-likeness (QED) is 0.801. The number of amides is 1. The Morgan fingerprint density at radius 2 is 1.96 bits per heavy atom. The average molecular weight is 319 g/mol. The Morgan fingerprint density at radius 3 is 2.75 bits per heavy atom. The smallest absolute Gasteiger partial charge is 0.223 e. The molecule has 1 amide bonds. The van der Waals surface area contributed by atoms with Crippen LogP contribution in [0.5, 0.6) is 0 Å². The zero-order valence-electron chi connectivity index (χ0n) is 13.1. The third kappa shape index (κ3) is 2.90. The molecule has 24 heavy (non-hydrogen) atoms. The molecule has 1 aliphatic heterocycles. The molecule has 6 heteroatoms. The van der Waals surface area contributed by atoms with Crippen LogP contribution in [-0.4, -0.2) is 37.5 Å². The number of benzene rings is 1. The van der Waals surface area contributed by atoms with Crippen LogP contribution in [-0.2, 0) is 11.3 Å². The second-order valence-electron chi connectivity index (χ2n) is 5.91. The summed E-state index contributed by atoms with van der Waals surface area (Å²) in [6.45, 7) is 1.18. The van der Waals surface area contributed by atoms with Gasteiger partial charge in [-0.3, -0.25) is 14.9 Å². The predicted molar refractivity (Wildman–Crippen MR) is 88.8 cm³/mol. The fourth-order valence-electron chi connectivity index (χ4n) is 2.97. The van der Waals surface area contributed by atoms with Gasteiger partial charge < -0.3 is 4.90 Å². The standard InChI is InChI=1S/C18H17N5O/c24-16-10-14(11-23(16)12-15-8-4-5-9-19-15)18-20-17(21-22-18)13-6-2-1-3-7-13/h1-9,14H,10-12H2,(H,20,21,22)/t14-/m0/s1. The highest BCUT2D eigenvalue weighted by Crippen LogP contribution is 2.28. The maximum Gasteiger partial charge on any atom is 0.223 e. The van der Waals surface area contributed by atoms with E-state index in [1.54, 1.807) is 6.20 Å². The van der Waals surface area contributed by atoms with Gasteiger partial charge in [0.05, 0.1) is 12.2 Å². The van der Waals surface area contributed by atoms with Gasteiger partial charge in [-0.05, 0) is 12.1 Å². The molecule has 0 aliphatic carbocycles. The van der Waals surface area contributed by atoms with Crippen LogP contribution < -0.4 is 0 Å². The number of aromatic nitrogens is 4. The van der Waals surface area contributed by atoms with Crippen molar-refractivity contribution >= 4 is 5.91 Å². The number of H-pyrrole nitrogens is 1. The molecule has 1 aliphatic rings. The van der Waals surface area contributed by atoms with Gasteiger partial charge in [-0.1, -0.05) is 36.4 Å². The first-order valence-electron chi connectivity index (χ1n) is 7.95. The molecule has 0 unspecified atom stereocenters. The third-order valence-corrected chi connectivity index (χ3v) is 4.21. The lowest BCUT2D eigenvalue weighted by Gasteiger charge is -2.15. The molecule has 1 saturated heterocycles. The Balaban J connectivity index is 1.48. The Kier molecular flexibility index (Phi) is 3.78. The van der Waals surface area contributed by atoms with E-state index in [4.69, 9.17) is 0 Å². The van der Waals surface area contributed by atoms with Crippen molar-refractivity contribution in [1.29, 1.82) is 0 Å². The SMILES string of the molecule is O=C1C[C@H](c2nc(-c3ccccc3)n[nH]2)CN1Cc1ccccn1. The summed E-state index contributed by atoms with van der Waals surface area (Å²) in [5.41, 5.74) is 1.86. The van der Waals surface area contributed by atoms with Crippen LogP contribution in [0.15, 0.2) is 54.7 Å². The molecule has 0 radical (unpaired) electrons. The molecule has 1 N–H and O–H groups in total. The van der Waals surface area contributed by atoms with Gasteiger partial charge in [-0.25, -0.2) is 4.98 Å². The maximum atomic E-state index is 12.3. The average Bonchev–Trinajstić information content (AvgIpc) is 3.24. The first-order valence-corrected chi connectivity index (χ1v) is 7.95. The van der Waals surface area contributed by atoms with Crippen molar-refractivity contribution in [3.8, 4) is 11.4 Å². The molecule has 3 aromatic rings. The number of carbonyl (C=O) groups is 1. The molecule has 0 saturated carbocycles. The summed E-state index contributed by atoms with van der Waals surface area (Å²) in [5, 5.41) is 7.28. The monoisotopic (exact) mass is 319 g/mol. The van der Waals surface area contributed by atoms with Gasteiger partial charge in [0.2, 0.25) is 5.91 Å². The summed E-state index contributed by atoms with van der Waals surface area (Å²) in [6, 6.07) is 15.6. The van der Waals surface area contributed by atoms with E-state index in [-0.39, 0.29) is 11.8 Å². The zero-order valence-corrected chi connectivity index (χ0v) is 13.1. The van der Waals surface area contributed by atoms with E-state index in [0.29, 0.717) is 25.3 Å². The molecule has 0 bridgehead atoms.